The first-order valence-corrected chi connectivity index (χ1v) is 3.61. The second-order valence-corrected chi connectivity index (χ2v) is 2.65. The SMILES string of the molecule is CN(C(=O)[O-])c1[c-]cc(Cl)cc1.[Li+]. The predicted octanol–water partition coefficient (Wildman–Crippen LogP) is -2.08. The number of halogens is 1. The number of nitrogens with zero attached hydrogens (tertiary/aromatic N) is 1. The van der Waals surface area contributed by atoms with Gasteiger partial charge in [0.25, 0.3) is 0 Å². The Morgan fingerprint density at radius 3 is 2.62 bits per heavy atom. The van der Waals surface area contributed by atoms with Gasteiger partial charge >= 0.3 is 18.9 Å². The number of hydrogen-bond donors (Lipinski definition) is 0. The molecule has 0 aliphatic carbocycles. The quantitative estimate of drug-likeness (QED) is 0.377. The van der Waals surface area contributed by atoms with Crippen LogP contribution in [0.15, 0.2) is 18.2 Å². The molecule has 5 heteroatoms. The topological polar surface area (TPSA) is 43.4 Å². The van der Waals surface area contributed by atoms with Gasteiger partial charge in [-0.15, -0.1) is 6.07 Å². The van der Waals surface area contributed by atoms with Crippen molar-refractivity contribution in [1.82, 2.24) is 0 Å². The van der Waals surface area contributed by atoms with Gasteiger partial charge in [-0.05, 0) is 0 Å². The number of anilines is 1. The normalized spacial score (nSPS) is 8.77. The van der Waals surface area contributed by atoms with E-state index < -0.39 is 6.09 Å². The molecule has 0 radical (unpaired) electrons. The van der Waals surface area contributed by atoms with E-state index in [1.807, 2.05) is 0 Å². The fraction of sp³-hybridized carbons (Fsp3) is 0.125. The Morgan fingerprint density at radius 2 is 2.23 bits per heavy atom. The molecule has 0 atom stereocenters. The molecular formula is C8H6ClLiNO2-. The molecule has 1 aromatic rings. The molecule has 0 heterocycles. The van der Waals surface area contributed by atoms with Crippen molar-refractivity contribution >= 4 is 23.4 Å². The zero-order valence-electron chi connectivity index (χ0n) is 7.37. The van der Waals surface area contributed by atoms with Crippen molar-refractivity contribution in [3.05, 3.63) is 29.3 Å². The van der Waals surface area contributed by atoms with Crippen LogP contribution < -0.4 is 28.9 Å². The summed E-state index contributed by atoms with van der Waals surface area (Å²) >= 11 is 5.58. The fourth-order valence-corrected chi connectivity index (χ4v) is 0.822. The molecule has 0 spiro atoms. The Morgan fingerprint density at radius 1 is 1.62 bits per heavy atom. The van der Waals surface area contributed by atoms with Gasteiger partial charge < -0.3 is 14.8 Å². The van der Waals surface area contributed by atoms with Crippen molar-refractivity contribution in [1.29, 1.82) is 0 Å². The summed E-state index contributed by atoms with van der Waals surface area (Å²) < 4.78 is 0. The number of carboxylic acid groups (broad SMARTS) is 1. The number of benzene rings is 1. The minimum atomic E-state index is -1.27. The number of hydrogen-bond acceptors (Lipinski definition) is 2. The molecule has 64 valence electrons. The molecule has 13 heavy (non-hydrogen) atoms. The summed E-state index contributed by atoms with van der Waals surface area (Å²) in [6.07, 6.45) is -1.27. The molecule has 0 N–H and O–H groups in total. The van der Waals surface area contributed by atoms with Crippen molar-refractivity contribution in [3.8, 4) is 0 Å². The maximum Gasteiger partial charge on any atom is 1.00 e. The maximum atomic E-state index is 10.3. The molecule has 0 unspecified atom stereocenters. The van der Waals surface area contributed by atoms with Crippen LogP contribution in [0.1, 0.15) is 0 Å². The van der Waals surface area contributed by atoms with Crippen LogP contribution >= 0.6 is 11.6 Å². The third kappa shape index (κ3) is 3.31. The van der Waals surface area contributed by atoms with Gasteiger partial charge in [0, 0.05) is 7.05 Å². The summed E-state index contributed by atoms with van der Waals surface area (Å²) in [6, 6.07) is 7.33. The minimum Gasteiger partial charge on any atom is -0.530 e. The molecule has 1 aromatic carbocycles. The second kappa shape index (κ2) is 5.18. The molecule has 1 amide bonds. The van der Waals surface area contributed by atoms with Gasteiger partial charge in [-0.1, -0.05) is 10.7 Å². The third-order valence-corrected chi connectivity index (χ3v) is 1.63. The van der Waals surface area contributed by atoms with E-state index in [1.54, 1.807) is 12.1 Å². The third-order valence-electron chi connectivity index (χ3n) is 1.39. The van der Waals surface area contributed by atoms with Crippen molar-refractivity contribution in [2.75, 3.05) is 11.9 Å². The molecule has 3 nitrogen and oxygen atoms in total. The summed E-state index contributed by atoms with van der Waals surface area (Å²) in [7, 11) is 1.38. The van der Waals surface area contributed by atoms with Crippen LogP contribution in [0.5, 0.6) is 0 Å². The van der Waals surface area contributed by atoms with Crippen molar-refractivity contribution in [3.63, 3.8) is 0 Å². The van der Waals surface area contributed by atoms with Crippen LogP contribution in [0, 0.1) is 6.07 Å². The van der Waals surface area contributed by atoms with Crippen molar-refractivity contribution in [2.24, 2.45) is 0 Å². The molecule has 0 aliphatic heterocycles. The predicted molar refractivity (Wildman–Crippen MR) is 44.1 cm³/mol. The maximum absolute atomic E-state index is 10.3. The van der Waals surface area contributed by atoms with Gasteiger partial charge in [0.05, 0.1) is 0 Å². The summed E-state index contributed by atoms with van der Waals surface area (Å²) in [5, 5.41) is 10.9. The van der Waals surface area contributed by atoms with E-state index in [9.17, 15) is 9.90 Å². The standard InChI is InChI=1S/C8H7ClNO2.Li/c1-10(8(11)12)7-4-2-6(9)3-5-7;/h2-4H,1H3,(H,11,12);/q-1;+1/p-1. The monoisotopic (exact) mass is 190 g/mol. The molecule has 0 fully saturated rings. The van der Waals surface area contributed by atoms with Crippen molar-refractivity contribution < 1.29 is 28.8 Å². The zero-order valence-corrected chi connectivity index (χ0v) is 8.13. The van der Waals surface area contributed by atoms with Gasteiger partial charge in [0.2, 0.25) is 0 Å². The van der Waals surface area contributed by atoms with Gasteiger partial charge in [0.15, 0.2) is 0 Å². The molecule has 0 saturated heterocycles. The number of amides is 1. The summed E-state index contributed by atoms with van der Waals surface area (Å²) in [5.74, 6) is 0. The van der Waals surface area contributed by atoms with E-state index in [2.05, 4.69) is 6.07 Å². The zero-order chi connectivity index (χ0) is 9.14. The summed E-state index contributed by atoms with van der Waals surface area (Å²) in [6.45, 7) is 0. The van der Waals surface area contributed by atoms with E-state index in [4.69, 9.17) is 11.6 Å². The second-order valence-electron chi connectivity index (χ2n) is 2.22. The smallest absolute Gasteiger partial charge is 0.530 e. The van der Waals surface area contributed by atoms with Crippen molar-refractivity contribution in [2.45, 2.75) is 0 Å². The van der Waals surface area contributed by atoms with Gasteiger partial charge in [-0.2, -0.15) is 29.8 Å². The molecule has 0 saturated carbocycles. The first-order chi connectivity index (χ1) is 5.61. The van der Waals surface area contributed by atoms with Crippen LogP contribution in [-0.4, -0.2) is 13.1 Å². The molecular weight excluding hydrogens is 184 g/mol. The Hall–Kier alpha value is -0.623. The number of carbonyl (C=O) groups excluding carboxylic acids is 1. The number of rotatable bonds is 1. The van der Waals surface area contributed by atoms with Crippen LogP contribution in [0.2, 0.25) is 5.02 Å². The van der Waals surface area contributed by atoms with E-state index in [0.29, 0.717) is 10.7 Å². The van der Waals surface area contributed by atoms with E-state index in [1.165, 1.54) is 13.1 Å². The Bertz CT molecular complexity index is 289. The van der Waals surface area contributed by atoms with Gasteiger partial charge in [-0.25, -0.2) is 0 Å². The Kier molecular flexibility index (Phi) is 4.93. The summed E-state index contributed by atoms with van der Waals surface area (Å²) in [5.41, 5.74) is 0.416. The van der Waals surface area contributed by atoms with Crippen LogP contribution in [0.25, 0.3) is 0 Å². The van der Waals surface area contributed by atoms with E-state index in [0.717, 1.165) is 4.90 Å². The average molecular weight is 191 g/mol. The Labute approximate surface area is 93.5 Å². The number of carbonyl (C=O) groups is 1. The molecule has 0 aromatic heterocycles. The minimum absolute atomic E-state index is 0. The molecule has 1 rings (SSSR count). The van der Waals surface area contributed by atoms with E-state index >= 15 is 0 Å². The van der Waals surface area contributed by atoms with Gasteiger partial charge in [0.1, 0.15) is 6.09 Å². The average Bonchev–Trinajstić information content (AvgIpc) is 2.04. The van der Waals surface area contributed by atoms with Crippen LogP contribution in [0.3, 0.4) is 0 Å². The van der Waals surface area contributed by atoms with Gasteiger partial charge in [-0.3, -0.25) is 0 Å². The van der Waals surface area contributed by atoms with Crippen LogP contribution in [0.4, 0.5) is 10.5 Å². The largest absolute Gasteiger partial charge is 1.00 e. The van der Waals surface area contributed by atoms with E-state index in [-0.39, 0.29) is 18.9 Å². The summed E-state index contributed by atoms with van der Waals surface area (Å²) in [4.78, 5) is 11.3. The first kappa shape index (κ1) is 12.4. The van der Waals surface area contributed by atoms with Crippen LogP contribution in [-0.2, 0) is 0 Å². The Balaban J connectivity index is 0.00000144. The first-order valence-electron chi connectivity index (χ1n) is 3.23. The molecule has 0 aliphatic rings. The fourth-order valence-electron chi connectivity index (χ4n) is 0.705. The molecule has 0 bridgehead atoms.